The molecule has 0 radical (unpaired) electrons. The van der Waals surface area contributed by atoms with Crippen molar-refractivity contribution in [3.8, 4) is 0 Å². The molecule has 0 aliphatic carbocycles. The Morgan fingerprint density at radius 1 is 1.33 bits per heavy atom. The van der Waals surface area contributed by atoms with Crippen LogP contribution in [-0.4, -0.2) is 43.7 Å². The second-order valence-electron chi connectivity index (χ2n) is 6.42. The van der Waals surface area contributed by atoms with Gasteiger partial charge in [-0.2, -0.15) is 0 Å². The molecule has 2 aromatic rings. The van der Waals surface area contributed by atoms with Gasteiger partial charge < -0.3 is 14.8 Å². The predicted octanol–water partition coefficient (Wildman–Crippen LogP) is 2.06. The largest absolute Gasteiger partial charge is 0.478 e. The third-order valence-corrected chi connectivity index (χ3v) is 4.84. The SMILES string of the molecule is Cn1ccnc1C(O)C1CCN(Cc2ccccc2C(=O)O)CC1. The summed E-state index contributed by atoms with van der Waals surface area (Å²) in [5, 5.41) is 19.8. The van der Waals surface area contributed by atoms with Gasteiger partial charge in [-0.05, 0) is 43.5 Å². The zero-order valence-corrected chi connectivity index (χ0v) is 13.8. The van der Waals surface area contributed by atoms with Crippen molar-refractivity contribution >= 4 is 5.97 Å². The summed E-state index contributed by atoms with van der Waals surface area (Å²) < 4.78 is 1.86. The number of carboxylic acids is 1. The molecular weight excluding hydrogens is 306 g/mol. The van der Waals surface area contributed by atoms with Crippen molar-refractivity contribution in [2.75, 3.05) is 13.1 Å². The fraction of sp³-hybridized carbons (Fsp3) is 0.444. The molecule has 1 atom stereocenters. The summed E-state index contributed by atoms with van der Waals surface area (Å²) in [5.74, 6) is 0.0208. The van der Waals surface area contributed by atoms with E-state index in [2.05, 4.69) is 9.88 Å². The van der Waals surface area contributed by atoms with Gasteiger partial charge in [0.1, 0.15) is 11.9 Å². The van der Waals surface area contributed by atoms with Crippen LogP contribution in [0, 0.1) is 5.92 Å². The van der Waals surface area contributed by atoms with E-state index in [4.69, 9.17) is 0 Å². The van der Waals surface area contributed by atoms with Crippen LogP contribution in [0.3, 0.4) is 0 Å². The Morgan fingerprint density at radius 3 is 2.67 bits per heavy atom. The molecule has 0 bridgehead atoms. The van der Waals surface area contributed by atoms with Gasteiger partial charge in [0, 0.05) is 26.0 Å². The second-order valence-corrected chi connectivity index (χ2v) is 6.42. The molecule has 1 fully saturated rings. The first-order valence-corrected chi connectivity index (χ1v) is 8.25. The molecule has 128 valence electrons. The van der Waals surface area contributed by atoms with Gasteiger partial charge in [-0.1, -0.05) is 18.2 Å². The average molecular weight is 329 g/mol. The number of aliphatic hydroxyl groups is 1. The number of piperidine rings is 1. The van der Waals surface area contributed by atoms with Crippen LogP contribution in [0.15, 0.2) is 36.7 Å². The number of rotatable bonds is 5. The maximum Gasteiger partial charge on any atom is 0.336 e. The molecule has 2 heterocycles. The summed E-state index contributed by atoms with van der Waals surface area (Å²) in [5.41, 5.74) is 1.21. The Morgan fingerprint density at radius 2 is 2.04 bits per heavy atom. The zero-order chi connectivity index (χ0) is 17.1. The minimum atomic E-state index is -0.884. The van der Waals surface area contributed by atoms with E-state index in [9.17, 15) is 15.0 Å². The molecule has 1 unspecified atom stereocenters. The molecule has 1 aromatic carbocycles. The lowest BCUT2D eigenvalue weighted by molar-refractivity contribution is 0.0490. The van der Waals surface area contributed by atoms with Gasteiger partial charge in [-0.15, -0.1) is 0 Å². The number of imidazole rings is 1. The molecule has 1 aliphatic heterocycles. The van der Waals surface area contributed by atoms with E-state index in [0.29, 0.717) is 17.9 Å². The normalized spacial score (nSPS) is 17.8. The molecule has 0 saturated carbocycles. The summed E-state index contributed by atoms with van der Waals surface area (Å²) in [6.45, 7) is 2.33. The first-order valence-electron chi connectivity index (χ1n) is 8.25. The maximum absolute atomic E-state index is 11.3. The molecule has 6 nitrogen and oxygen atoms in total. The minimum absolute atomic E-state index is 0.192. The smallest absolute Gasteiger partial charge is 0.336 e. The molecule has 2 N–H and O–H groups in total. The second kappa shape index (κ2) is 7.15. The fourth-order valence-electron chi connectivity index (χ4n) is 3.41. The number of hydrogen-bond acceptors (Lipinski definition) is 4. The number of aliphatic hydroxyl groups excluding tert-OH is 1. The summed E-state index contributed by atoms with van der Waals surface area (Å²) in [6.07, 6.45) is 4.76. The third kappa shape index (κ3) is 3.49. The standard InChI is InChI=1S/C18H23N3O3/c1-20-11-8-19-17(20)16(22)13-6-9-21(10-7-13)12-14-4-2-3-5-15(14)18(23)24/h2-5,8,11,13,16,22H,6-7,9-10,12H2,1H3,(H,23,24). The van der Waals surface area contributed by atoms with Crippen LogP contribution in [0.1, 0.15) is 40.7 Å². The zero-order valence-electron chi connectivity index (χ0n) is 13.8. The highest BCUT2D eigenvalue weighted by molar-refractivity contribution is 5.89. The Kier molecular flexibility index (Phi) is 4.97. The van der Waals surface area contributed by atoms with Gasteiger partial charge in [0.2, 0.25) is 0 Å². The highest BCUT2D eigenvalue weighted by atomic mass is 16.4. The van der Waals surface area contributed by atoms with Gasteiger partial charge in [-0.3, -0.25) is 4.90 Å². The monoisotopic (exact) mass is 329 g/mol. The van der Waals surface area contributed by atoms with Gasteiger partial charge in [0.25, 0.3) is 0 Å². The van der Waals surface area contributed by atoms with Gasteiger partial charge in [-0.25, -0.2) is 9.78 Å². The maximum atomic E-state index is 11.3. The first kappa shape index (κ1) is 16.7. The van der Waals surface area contributed by atoms with Crippen molar-refractivity contribution in [2.45, 2.75) is 25.5 Å². The molecule has 24 heavy (non-hydrogen) atoms. The summed E-state index contributed by atoms with van der Waals surface area (Å²) in [6, 6.07) is 7.15. The van der Waals surface area contributed by atoms with E-state index < -0.39 is 12.1 Å². The van der Waals surface area contributed by atoms with E-state index in [1.807, 2.05) is 29.9 Å². The van der Waals surface area contributed by atoms with Gasteiger partial charge >= 0.3 is 5.97 Å². The van der Waals surface area contributed by atoms with Crippen LogP contribution in [0.2, 0.25) is 0 Å². The molecule has 0 spiro atoms. The Bertz CT molecular complexity index is 705. The lowest BCUT2D eigenvalue weighted by Gasteiger charge is -2.34. The molecule has 0 amide bonds. The number of carbonyl (C=O) groups is 1. The minimum Gasteiger partial charge on any atom is -0.478 e. The van der Waals surface area contributed by atoms with Crippen LogP contribution < -0.4 is 0 Å². The number of benzene rings is 1. The number of carboxylic acid groups (broad SMARTS) is 1. The topological polar surface area (TPSA) is 78.6 Å². The van der Waals surface area contributed by atoms with Gasteiger partial charge in [0.15, 0.2) is 0 Å². The van der Waals surface area contributed by atoms with Crippen molar-refractivity contribution in [1.29, 1.82) is 0 Å². The Hall–Kier alpha value is -2.18. The number of aromatic carboxylic acids is 1. The van der Waals surface area contributed by atoms with E-state index in [1.165, 1.54) is 0 Å². The Balaban J connectivity index is 1.60. The lowest BCUT2D eigenvalue weighted by atomic mass is 9.90. The molecule has 1 aliphatic rings. The summed E-state index contributed by atoms with van der Waals surface area (Å²) >= 11 is 0. The Labute approximate surface area is 141 Å². The van der Waals surface area contributed by atoms with Crippen LogP contribution >= 0.6 is 0 Å². The fourth-order valence-corrected chi connectivity index (χ4v) is 3.41. The van der Waals surface area contributed by atoms with Crippen molar-refractivity contribution in [1.82, 2.24) is 14.5 Å². The number of hydrogen-bond donors (Lipinski definition) is 2. The van der Waals surface area contributed by atoms with Crippen LogP contribution in [-0.2, 0) is 13.6 Å². The third-order valence-electron chi connectivity index (χ3n) is 4.84. The quantitative estimate of drug-likeness (QED) is 0.878. The van der Waals surface area contributed by atoms with Crippen LogP contribution in [0.25, 0.3) is 0 Å². The van der Waals surface area contributed by atoms with Crippen molar-refractivity contribution in [3.05, 3.63) is 53.6 Å². The molecule has 1 saturated heterocycles. The highest BCUT2D eigenvalue weighted by Gasteiger charge is 2.28. The summed E-state index contributed by atoms with van der Waals surface area (Å²) in [4.78, 5) is 17.8. The first-order chi connectivity index (χ1) is 11.6. The molecule has 3 rings (SSSR count). The van der Waals surface area contributed by atoms with E-state index in [-0.39, 0.29) is 5.92 Å². The molecular formula is C18H23N3O3. The number of nitrogens with zero attached hydrogens (tertiary/aromatic N) is 3. The van der Waals surface area contributed by atoms with Crippen molar-refractivity contribution in [2.24, 2.45) is 13.0 Å². The lowest BCUT2D eigenvalue weighted by Crippen LogP contribution is -2.36. The van der Waals surface area contributed by atoms with E-state index >= 15 is 0 Å². The summed E-state index contributed by atoms with van der Waals surface area (Å²) in [7, 11) is 1.89. The van der Waals surface area contributed by atoms with E-state index in [0.717, 1.165) is 31.5 Å². The predicted molar refractivity (Wildman–Crippen MR) is 89.6 cm³/mol. The number of likely N-dealkylation sites (tertiary alicyclic amines) is 1. The van der Waals surface area contributed by atoms with Crippen LogP contribution in [0.4, 0.5) is 0 Å². The van der Waals surface area contributed by atoms with Crippen molar-refractivity contribution < 1.29 is 15.0 Å². The molecule has 6 heteroatoms. The average Bonchev–Trinajstić information content (AvgIpc) is 3.01. The number of aromatic nitrogens is 2. The van der Waals surface area contributed by atoms with E-state index in [1.54, 1.807) is 18.3 Å². The van der Waals surface area contributed by atoms with Crippen molar-refractivity contribution in [3.63, 3.8) is 0 Å². The van der Waals surface area contributed by atoms with Crippen LogP contribution in [0.5, 0.6) is 0 Å². The molecule has 1 aromatic heterocycles. The number of aryl methyl sites for hydroxylation is 1. The van der Waals surface area contributed by atoms with Gasteiger partial charge in [0.05, 0.1) is 5.56 Å². The highest BCUT2D eigenvalue weighted by Crippen LogP contribution is 2.30.